The van der Waals surface area contributed by atoms with E-state index in [9.17, 15) is 13.2 Å². The largest absolute Gasteiger partial charge is 0.411 e. The Balaban J connectivity index is 2.73. The number of hydrogen-bond acceptors (Lipinski definition) is 4. The minimum Gasteiger partial charge on any atom is -0.365 e. The van der Waals surface area contributed by atoms with Crippen molar-refractivity contribution in [3.63, 3.8) is 0 Å². The minimum absolute atomic E-state index is 0.0962. The van der Waals surface area contributed by atoms with Gasteiger partial charge in [0, 0.05) is 16.8 Å². The van der Waals surface area contributed by atoms with Crippen molar-refractivity contribution in [1.29, 1.82) is 0 Å². The fraction of sp³-hybridized carbons (Fsp3) is 0.786. The van der Waals surface area contributed by atoms with Crippen LogP contribution in [0.4, 0.5) is 13.2 Å². The van der Waals surface area contributed by atoms with Crippen molar-refractivity contribution in [2.24, 2.45) is 0 Å². The number of aromatic nitrogens is 1. The van der Waals surface area contributed by atoms with Crippen molar-refractivity contribution in [2.45, 2.75) is 58.9 Å². The molecule has 1 aromatic rings. The molecule has 0 aromatic carbocycles. The van der Waals surface area contributed by atoms with E-state index in [1.165, 1.54) is 11.3 Å². The van der Waals surface area contributed by atoms with E-state index in [4.69, 9.17) is 4.74 Å². The fourth-order valence-electron chi connectivity index (χ4n) is 1.80. The summed E-state index contributed by atoms with van der Waals surface area (Å²) < 4.78 is 41.0. The summed E-state index contributed by atoms with van der Waals surface area (Å²) in [4.78, 5) is 5.54. The maximum Gasteiger partial charge on any atom is 0.411 e. The lowest BCUT2D eigenvalue weighted by Crippen LogP contribution is -2.19. The van der Waals surface area contributed by atoms with E-state index < -0.39 is 12.8 Å². The van der Waals surface area contributed by atoms with Crippen LogP contribution < -0.4 is 5.32 Å². The van der Waals surface area contributed by atoms with Gasteiger partial charge in [0.1, 0.15) is 11.6 Å². The van der Waals surface area contributed by atoms with Crippen molar-refractivity contribution >= 4 is 11.3 Å². The van der Waals surface area contributed by atoms with Gasteiger partial charge in [-0.25, -0.2) is 4.98 Å². The Labute approximate surface area is 127 Å². The quantitative estimate of drug-likeness (QED) is 0.769. The van der Waals surface area contributed by atoms with E-state index in [1.807, 2.05) is 20.8 Å². The molecular formula is C14H23F3N2OS. The second-order valence-corrected chi connectivity index (χ2v) is 7.08. The molecule has 0 unspecified atom stereocenters. The molecule has 0 bridgehead atoms. The van der Waals surface area contributed by atoms with Crippen LogP contribution in [0.3, 0.4) is 0 Å². The first-order valence-electron chi connectivity index (χ1n) is 6.97. The Morgan fingerprint density at radius 3 is 2.43 bits per heavy atom. The average molecular weight is 324 g/mol. The van der Waals surface area contributed by atoms with Gasteiger partial charge in [-0.2, -0.15) is 13.2 Å². The molecule has 122 valence electrons. The topological polar surface area (TPSA) is 34.1 Å². The van der Waals surface area contributed by atoms with Crippen LogP contribution >= 0.6 is 11.3 Å². The summed E-state index contributed by atoms with van der Waals surface area (Å²) in [5.74, 6) is 0. The van der Waals surface area contributed by atoms with E-state index >= 15 is 0 Å². The lowest BCUT2D eigenvalue weighted by atomic mass is 9.91. The monoisotopic (exact) mass is 324 g/mol. The lowest BCUT2D eigenvalue weighted by Gasteiger charge is -2.17. The SMILES string of the molecule is CCCNCc1sc(COCC(F)(F)F)nc1C(C)(C)C. The maximum atomic E-state index is 12.1. The normalized spacial score (nSPS) is 12.9. The number of halogens is 3. The first kappa shape index (κ1) is 18.4. The molecule has 0 saturated heterocycles. The highest BCUT2D eigenvalue weighted by Gasteiger charge is 2.28. The number of nitrogens with zero attached hydrogens (tertiary/aromatic N) is 1. The minimum atomic E-state index is -4.30. The molecule has 7 heteroatoms. The molecule has 0 fully saturated rings. The van der Waals surface area contributed by atoms with E-state index in [-0.39, 0.29) is 12.0 Å². The van der Waals surface area contributed by atoms with Crippen LogP contribution in [0.1, 0.15) is 49.7 Å². The first-order valence-corrected chi connectivity index (χ1v) is 7.79. The first-order chi connectivity index (χ1) is 9.63. The van der Waals surface area contributed by atoms with Gasteiger partial charge < -0.3 is 10.1 Å². The van der Waals surface area contributed by atoms with Crippen molar-refractivity contribution in [1.82, 2.24) is 10.3 Å². The summed E-state index contributed by atoms with van der Waals surface area (Å²) in [5.41, 5.74) is 0.795. The Kier molecular flexibility index (Phi) is 6.62. The number of ether oxygens (including phenoxy) is 1. The molecule has 1 aromatic heterocycles. The van der Waals surface area contributed by atoms with Gasteiger partial charge in [0.2, 0.25) is 0 Å². The third kappa shape index (κ3) is 6.76. The Hall–Kier alpha value is -0.660. The van der Waals surface area contributed by atoms with Crippen LogP contribution in [0, 0.1) is 0 Å². The molecule has 0 aliphatic carbocycles. The Bertz CT molecular complexity index is 438. The molecule has 1 N–H and O–H groups in total. The van der Waals surface area contributed by atoms with Crippen LogP contribution in [0.15, 0.2) is 0 Å². The van der Waals surface area contributed by atoms with E-state index in [0.717, 1.165) is 23.5 Å². The van der Waals surface area contributed by atoms with Crippen LogP contribution in [-0.2, 0) is 23.3 Å². The van der Waals surface area contributed by atoms with Gasteiger partial charge in [-0.3, -0.25) is 0 Å². The molecular weight excluding hydrogens is 301 g/mol. The Morgan fingerprint density at radius 2 is 1.90 bits per heavy atom. The molecule has 0 radical (unpaired) electrons. The van der Waals surface area contributed by atoms with Gasteiger partial charge in [-0.05, 0) is 13.0 Å². The summed E-state index contributed by atoms with van der Waals surface area (Å²) >= 11 is 1.42. The number of rotatable bonds is 7. The predicted molar refractivity (Wildman–Crippen MR) is 78.5 cm³/mol. The van der Waals surface area contributed by atoms with Crippen molar-refractivity contribution in [3.8, 4) is 0 Å². The summed E-state index contributed by atoms with van der Waals surface area (Å²) in [5, 5.41) is 3.90. The standard InChI is InChI=1S/C14H23F3N2OS/c1-5-6-18-7-10-12(13(2,3)4)19-11(21-10)8-20-9-14(15,16)17/h18H,5-9H2,1-4H3. The van der Waals surface area contributed by atoms with Gasteiger partial charge in [-0.15, -0.1) is 11.3 Å². The molecule has 3 nitrogen and oxygen atoms in total. The zero-order chi connectivity index (χ0) is 16.1. The highest BCUT2D eigenvalue weighted by molar-refractivity contribution is 7.11. The maximum absolute atomic E-state index is 12.1. The van der Waals surface area contributed by atoms with Gasteiger partial charge >= 0.3 is 6.18 Å². The molecule has 0 atom stereocenters. The molecule has 1 rings (SSSR count). The lowest BCUT2D eigenvalue weighted by molar-refractivity contribution is -0.176. The Morgan fingerprint density at radius 1 is 1.24 bits per heavy atom. The molecule has 21 heavy (non-hydrogen) atoms. The summed E-state index contributed by atoms with van der Waals surface area (Å²) in [6.45, 7) is 8.49. The zero-order valence-electron chi connectivity index (χ0n) is 12.9. The van der Waals surface area contributed by atoms with Crippen molar-refractivity contribution in [3.05, 3.63) is 15.6 Å². The summed E-state index contributed by atoms with van der Waals surface area (Å²) in [7, 11) is 0. The average Bonchev–Trinajstić information content (AvgIpc) is 2.71. The molecule has 0 spiro atoms. The van der Waals surface area contributed by atoms with Crippen LogP contribution in [0.25, 0.3) is 0 Å². The van der Waals surface area contributed by atoms with E-state index in [0.29, 0.717) is 11.6 Å². The number of hydrogen-bond donors (Lipinski definition) is 1. The molecule has 0 aliphatic heterocycles. The summed E-state index contributed by atoms with van der Waals surface area (Å²) in [6, 6.07) is 0. The van der Waals surface area contributed by atoms with Gasteiger partial charge in [0.15, 0.2) is 0 Å². The third-order valence-corrected chi connectivity index (χ3v) is 3.68. The highest BCUT2D eigenvalue weighted by atomic mass is 32.1. The highest BCUT2D eigenvalue weighted by Crippen LogP contribution is 2.30. The number of alkyl halides is 3. The van der Waals surface area contributed by atoms with Crippen LogP contribution in [0.5, 0.6) is 0 Å². The number of thiazole rings is 1. The zero-order valence-corrected chi connectivity index (χ0v) is 13.7. The molecule has 0 saturated carbocycles. The van der Waals surface area contributed by atoms with Crippen molar-refractivity contribution in [2.75, 3.05) is 13.2 Å². The second-order valence-electron chi connectivity index (χ2n) is 5.91. The smallest absolute Gasteiger partial charge is 0.365 e. The van der Waals surface area contributed by atoms with Crippen LogP contribution in [-0.4, -0.2) is 24.3 Å². The third-order valence-electron chi connectivity index (χ3n) is 2.66. The van der Waals surface area contributed by atoms with Gasteiger partial charge in [0.25, 0.3) is 0 Å². The fourth-order valence-corrected chi connectivity index (χ4v) is 2.99. The second kappa shape index (κ2) is 7.56. The summed E-state index contributed by atoms with van der Waals surface area (Å²) in [6.07, 6.45) is -3.26. The molecule has 0 amide bonds. The van der Waals surface area contributed by atoms with Gasteiger partial charge in [-0.1, -0.05) is 27.7 Å². The van der Waals surface area contributed by atoms with Crippen molar-refractivity contribution < 1.29 is 17.9 Å². The van der Waals surface area contributed by atoms with Gasteiger partial charge in [0.05, 0.1) is 12.3 Å². The molecule has 0 aliphatic rings. The van der Waals surface area contributed by atoms with E-state index in [2.05, 4.69) is 17.2 Å². The predicted octanol–water partition coefficient (Wildman–Crippen LogP) is 4.02. The van der Waals surface area contributed by atoms with E-state index in [1.54, 1.807) is 0 Å². The number of nitrogens with one attached hydrogen (secondary N) is 1. The van der Waals surface area contributed by atoms with Crippen LogP contribution in [0.2, 0.25) is 0 Å². The molecule has 1 heterocycles.